The minimum atomic E-state index is -0.945. The highest BCUT2D eigenvalue weighted by Crippen LogP contribution is 2.45. The quantitative estimate of drug-likeness (QED) is 0.895. The second kappa shape index (κ2) is 6.28. The van der Waals surface area contributed by atoms with Gasteiger partial charge in [-0.05, 0) is 62.1 Å². The van der Waals surface area contributed by atoms with Gasteiger partial charge in [-0.2, -0.15) is 0 Å². The molecule has 25 heavy (non-hydrogen) atoms. The number of anilines is 1. The highest BCUT2D eigenvalue weighted by atomic mass is 19.1. The molecule has 2 atom stereocenters. The van der Waals surface area contributed by atoms with Crippen molar-refractivity contribution >= 4 is 11.6 Å². The van der Waals surface area contributed by atoms with E-state index in [1.807, 2.05) is 6.07 Å². The number of furan rings is 1. The number of benzene rings is 1. The van der Waals surface area contributed by atoms with E-state index in [0.29, 0.717) is 24.3 Å². The van der Waals surface area contributed by atoms with Crippen LogP contribution in [0.3, 0.4) is 0 Å². The lowest BCUT2D eigenvalue weighted by Gasteiger charge is -2.42. The lowest BCUT2D eigenvalue weighted by atomic mass is 9.84. The minimum Gasteiger partial charge on any atom is -0.466 e. The molecule has 4 rings (SSSR count). The highest BCUT2D eigenvalue weighted by Gasteiger charge is 2.49. The zero-order valence-electron chi connectivity index (χ0n) is 13.8. The molecule has 2 saturated heterocycles. The third-order valence-corrected chi connectivity index (χ3v) is 5.35. The zero-order valence-corrected chi connectivity index (χ0v) is 13.8. The predicted molar refractivity (Wildman–Crippen MR) is 90.4 cm³/mol. The van der Waals surface area contributed by atoms with Gasteiger partial charge in [-0.25, -0.2) is 4.39 Å². The normalized spacial score (nSPS) is 28.9. The fourth-order valence-corrected chi connectivity index (χ4v) is 4.22. The molecule has 2 N–H and O–H groups in total. The van der Waals surface area contributed by atoms with Crippen LogP contribution in [0.15, 0.2) is 47.1 Å². The third-order valence-electron chi connectivity index (χ3n) is 5.35. The van der Waals surface area contributed by atoms with Crippen LogP contribution in [-0.2, 0) is 10.4 Å². The lowest BCUT2D eigenvalue weighted by Crippen LogP contribution is -2.51. The number of carbonyl (C=O) groups excluding carboxylic acids is 1. The fourth-order valence-electron chi connectivity index (χ4n) is 4.22. The smallest absolute Gasteiger partial charge is 0.238 e. The number of hydrogen-bond acceptors (Lipinski definition) is 4. The van der Waals surface area contributed by atoms with Crippen molar-refractivity contribution in [3.63, 3.8) is 0 Å². The Hall–Kier alpha value is -2.18. The summed E-state index contributed by atoms with van der Waals surface area (Å²) in [5.41, 5.74) is -0.359. The molecule has 1 amide bonds. The van der Waals surface area contributed by atoms with E-state index in [2.05, 4.69) is 10.2 Å². The van der Waals surface area contributed by atoms with Gasteiger partial charge >= 0.3 is 0 Å². The molecule has 0 saturated carbocycles. The second-order valence-corrected chi connectivity index (χ2v) is 7.03. The van der Waals surface area contributed by atoms with Crippen LogP contribution in [0.25, 0.3) is 0 Å². The summed E-state index contributed by atoms with van der Waals surface area (Å²) in [6.45, 7) is 0.279. The van der Waals surface area contributed by atoms with Crippen LogP contribution in [-0.4, -0.2) is 34.5 Å². The summed E-state index contributed by atoms with van der Waals surface area (Å²) in [7, 11) is 0. The van der Waals surface area contributed by atoms with Gasteiger partial charge in [0.25, 0.3) is 0 Å². The number of aliphatic hydroxyl groups is 1. The van der Waals surface area contributed by atoms with E-state index >= 15 is 0 Å². The number of rotatable bonds is 4. The number of amides is 1. The van der Waals surface area contributed by atoms with Crippen LogP contribution in [0.1, 0.15) is 31.4 Å². The van der Waals surface area contributed by atoms with E-state index in [9.17, 15) is 14.3 Å². The number of hydrogen-bond donors (Lipinski definition) is 2. The Morgan fingerprint density at radius 1 is 1.24 bits per heavy atom. The SMILES string of the molecule is O=C(CN1[C@H]2CC[C@H]1CC(O)(c1ccco1)C2)Nc1ccc(F)cc1. The summed E-state index contributed by atoms with van der Waals surface area (Å²) in [6.07, 6.45) is 4.66. The van der Waals surface area contributed by atoms with Gasteiger partial charge in [0.05, 0.1) is 12.8 Å². The zero-order chi connectivity index (χ0) is 17.4. The van der Waals surface area contributed by atoms with Crippen LogP contribution < -0.4 is 5.32 Å². The number of fused-ring (bicyclic) bond motifs is 2. The van der Waals surface area contributed by atoms with Gasteiger partial charge in [-0.1, -0.05) is 0 Å². The monoisotopic (exact) mass is 344 g/mol. The van der Waals surface area contributed by atoms with E-state index in [1.54, 1.807) is 24.5 Å². The molecule has 1 aromatic carbocycles. The molecule has 2 bridgehead atoms. The Balaban J connectivity index is 1.41. The molecule has 2 fully saturated rings. The van der Waals surface area contributed by atoms with E-state index in [0.717, 1.165) is 12.8 Å². The van der Waals surface area contributed by atoms with Crippen molar-refractivity contribution in [1.82, 2.24) is 4.90 Å². The van der Waals surface area contributed by atoms with Gasteiger partial charge in [-0.3, -0.25) is 9.69 Å². The first kappa shape index (κ1) is 16.3. The Bertz CT molecular complexity index is 731. The van der Waals surface area contributed by atoms with Crippen molar-refractivity contribution in [3.8, 4) is 0 Å². The molecule has 1 aromatic heterocycles. The van der Waals surface area contributed by atoms with E-state index in [-0.39, 0.29) is 30.4 Å². The largest absolute Gasteiger partial charge is 0.466 e. The number of piperidine rings is 1. The molecule has 0 spiro atoms. The Labute approximate surface area is 145 Å². The topological polar surface area (TPSA) is 65.7 Å². The molecule has 6 heteroatoms. The van der Waals surface area contributed by atoms with Crippen molar-refractivity contribution in [2.75, 3.05) is 11.9 Å². The van der Waals surface area contributed by atoms with Gasteiger partial charge in [-0.15, -0.1) is 0 Å². The molecule has 0 unspecified atom stereocenters. The van der Waals surface area contributed by atoms with E-state index in [1.165, 1.54) is 12.1 Å². The molecule has 2 aliphatic heterocycles. The summed E-state index contributed by atoms with van der Waals surface area (Å²) in [6, 6.07) is 9.67. The summed E-state index contributed by atoms with van der Waals surface area (Å²) in [4.78, 5) is 14.5. The maximum absolute atomic E-state index is 12.9. The van der Waals surface area contributed by atoms with Crippen LogP contribution in [0, 0.1) is 5.82 Å². The minimum absolute atomic E-state index is 0.119. The lowest BCUT2D eigenvalue weighted by molar-refractivity contribution is -0.121. The molecule has 2 aliphatic rings. The molecular formula is C19H21FN2O3. The van der Waals surface area contributed by atoms with Crippen LogP contribution in [0.2, 0.25) is 0 Å². The average Bonchev–Trinajstić information content (AvgIpc) is 3.19. The van der Waals surface area contributed by atoms with Crippen LogP contribution in [0.4, 0.5) is 10.1 Å². The van der Waals surface area contributed by atoms with Crippen molar-refractivity contribution in [2.45, 2.75) is 43.4 Å². The van der Waals surface area contributed by atoms with Crippen molar-refractivity contribution < 1.29 is 18.7 Å². The fraction of sp³-hybridized carbons (Fsp3) is 0.421. The molecular weight excluding hydrogens is 323 g/mol. The average molecular weight is 344 g/mol. The molecule has 3 heterocycles. The van der Waals surface area contributed by atoms with Crippen LogP contribution in [0.5, 0.6) is 0 Å². The number of nitrogens with zero attached hydrogens (tertiary/aromatic N) is 1. The Kier molecular flexibility index (Phi) is 4.09. The standard InChI is InChI=1S/C19H21FN2O3/c20-13-3-5-14(6-4-13)21-18(23)12-22-15-7-8-16(22)11-19(24,10-15)17-2-1-9-25-17/h1-6,9,15-16,24H,7-8,10-12H2,(H,21,23)/t15-,16-/m0/s1. The summed E-state index contributed by atoms with van der Waals surface area (Å²) in [5, 5.41) is 13.8. The van der Waals surface area contributed by atoms with Gasteiger partial charge in [0.2, 0.25) is 5.91 Å². The Morgan fingerprint density at radius 3 is 2.52 bits per heavy atom. The van der Waals surface area contributed by atoms with Gasteiger partial charge in [0.15, 0.2) is 0 Å². The maximum atomic E-state index is 12.9. The third kappa shape index (κ3) is 3.19. The summed E-state index contributed by atoms with van der Waals surface area (Å²) >= 11 is 0. The molecule has 0 radical (unpaired) electrons. The molecule has 5 nitrogen and oxygen atoms in total. The van der Waals surface area contributed by atoms with E-state index < -0.39 is 5.60 Å². The van der Waals surface area contributed by atoms with Gasteiger partial charge in [0.1, 0.15) is 17.2 Å². The van der Waals surface area contributed by atoms with Crippen molar-refractivity contribution in [3.05, 3.63) is 54.2 Å². The number of halogens is 1. The van der Waals surface area contributed by atoms with Gasteiger partial charge in [0, 0.05) is 17.8 Å². The first-order valence-corrected chi connectivity index (χ1v) is 8.61. The van der Waals surface area contributed by atoms with E-state index in [4.69, 9.17) is 4.42 Å². The highest BCUT2D eigenvalue weighted by molar-refractivity contribution is 5.92. The Morgan fingerprint density at radius 2 is 1.92 bits per heavy atom. The van der Waals surface area contributed by atoms with Gasteiger partial charge < -0.3 is 14.8 Å². The first-order chi connectivity index (χ1) is 12.0. The van der Waals surface area contributed by atoms with Crippen molar-refractivity contribution in [2.24, 2.45) is 0 Å². The number of nitrogens with one attached hydrogen (secondary N) is 1. The predicted octanol–water partition coefficient (Wildman–Crippen LogP) is 2.87. The summed E-state index contributed by atoms with van der Waals surface area (Å²) in [5.74, 6) is 0.163. The molecule has 132 valence electrons. The first-order valence-electron chi connectivity index (χ1n) is 8.61. The second-order valence-electron chi connectivity index (χ2n) is 7.03. The number of carbonyl (C=O) groups is 1. The van der Waals surface area contributed by atoms with Crippen molar-refractivity contribution in [1.29, 1.82) is 0 Å². The maximum Gasteiger partial charge on any atom is 0.238 e. The van der Waals surface area contributed by atoms with Crippen LogP contribution >= 0.6 is 0 Å². The molecule has 2 aromatic rings. The summed E-state index contributed by atoms with van der Waals surface area (Å²) < 4.78 is 18.4. The molecule has 0 aliphatic carbocycles.